The van der Waals surface area contributed by atoms with Crippen LogP contribution >= 0.6 is 0 Å². The summed E-state index contributed by atoms with van der Waals surface area (Å²) in [7, 11) is 0. The molecule has 0 radical (unpaired) electrons. The molecular formula is C33H57N5O7. The monoisotopic (exact) mass is 635 g/mol. The number of ketones is 1. The van der Waals surface area contributed by atoms with E-state index < -0.39 is 70.3 Å². The predicted octanol–water partition coefficient (Wildman–Crippen LogP) is 3.07. The average Bonchev–Trinajstić information content (AvgIpc) is 3.17. The van der Waals surface area contributed by atoms with Crippen LogP contribution in [0.1, 0.15) is 109 Å². The zero-order chi connectivity index (χ0) is 34.9. The fourth-order valence-electron chi connectivity index (χ4n) is 6.09. The van der Waals surface area contributed by atoms with Crippen LogP contribution in [-0.2, 0) is 28.7 Å². The molecule has 1 saturated carbocycles. The third kappa shape index (κ3) is 10.2. The summed E-state index contributed by atoms with van der Waals surface area (Å²) in [5, 5.41) is 11.0. The van der Waals surface area contributed by atoms with Crippen molar-refractivity contribution in [2.45, 2.75) is 145 Å². The van der Waals surface area contributed by atoms with E-state index in [2.05, 4.69) is 35.1 Å². The van der Waals surface area contributed by atoms with Crippen LogP contribution in [0.5, 0.6) is 0 Å². The van der Waals surface area contributed by atoms with Gasteiger partial charge in [0, 0.05) is 18.1 Å². The minimum Gasteiger partial charge on any atom is -0.460 e. The molecule has 12 heteroatoms. The highest BCUT2D eigenvalue weighted by atomic mass is 16.6. The van der Waals surface area contributed by atoms with Gasteiger partial charge in [-0.25, -0.2) is 4.79 Å². The summed E-state index contributed by atoms with van der Waals surface area (Å²) in [5.74, 6) is -3.17. The van der Waals surface area contributed by atoms with Crippen molar-refractivity contribution in [3.05, 3.63) is 0 Å². The molecule has 0 aromatic heterocycles. The summed E-state index contributed by atoms with van der Waals surface area (Å²) < 4.78 is 5.30. The van der Waals surface area contributed by atoms with E-state index in [0.29, 0.717) is 13.0 Å². The van der Waals surface area contributed by atoms with Gasteiger partial charge in [-0.1, -0.05) is 48.0 Å². The van der Waals surface area contributed by atoms with Gasteiger partial charge in [0.2, 0.25) is 17.6 Å². The number of likely N-dealkylation sites (tertiary alicyclic amines) is 1. The molecule has 2 aliphatic rings. The van der Waals surface area contributed by atoms with Crippen molar-refractivity contribution in [2.75, 3.05) is 6.54 Å². The largest absolute Gasteiger partial charge is 0.460 e. The number of ether oxygens (including phenoxy) is 1. The summed E-state index contributed by atoms with van der Waals surface area (Å²) in [6, 6.07) is -4.04. The van der Waals surface area contributed by atoms with Crippen LogP contribution in [0.25, 0.3) is 0 Å². The Labute approximate surface area is 268 Å². The van der Waals surface area contributed by atoms with Crippen molar-refractivity contribution in [1.29, 1.82) is 0 Å². The third-order valence-electron chi connectivity index (χ3n) is 8.34. The molecule has 1 aliphatic carbocycles. The number of piperidine rings is 1. The van der Waals surface area contributed by atoms with Crippen LogP contribution in [-0.4, -0.2) is 82.3 Å². The van der Waals surface area contributed by atoms with Gasteiger partial charge in [0.1, 0.15) is 17.7 Å². The molecule has 256 valence electrons. The number of rotatable bonds is 11. The molecule has 0 aromatic carbocycles. The van der Waals surface area contributed by atoms with Crippen LogP contribution in [0, 0.1) is 22.7 Å². The van der Waals surface area contributed by atoms with E-state index in [-0.39, 0.29) is 36.0 Å². The van der Waals surface area contributed by atoms with Crippen LogP contribution in [0.15, 0.2) is 0 Å². The smallest absolute Gasteiger partial charge is 0.315 e. The summed E-state index contributed by atoms with van der Waals surface area (Å²) in [4.78, 5) is 80.7. The first kappa shape index (κ1) is 38.0. The molecule has 0 aromatic rings. The van der Waals surface area contributed by atoms with Gasteiger partial charge in [-0.05, 0) is 77.6 Å². The Morgan fingerprint density at radius 1 is 0.911 bits per heavy atom. The zero-order valence-electron chi connectivity index (χ0n) is 29.6. The van der Waals surface area contributed by atoms with Crippen molar-refractivity contribution in [3.8, 4) is 0 Å². The van der Waals surface area contributed by atoms with Crippen molar-refractivity contribution in [1.82, 2.24) is 26.2 Å². The van der Waals surface area contributed by atoms with Crippen LogP contribution in [0.4, 0.5) is 4.79 Å². The van der Waals surface area contributed by atoms with Crippen molar-refractivity contribution in [2.24, 2.45) is 22.7 Å². The highest BCUT2D eigenvalue weighted by Gasteiger charge is 2.70. The molecule has 1 saturated heterocycles. The molecule has 1 unspecified atom stereocenters. The lowest BCUT2D eigenvalue weighted by Crippen LogP contribution is -2.62. The molecule has 6 atom stereocenters. The highest BCUT2D eigenvalue weighted by molar-refractivity contribution is 6.38. The van der Waals surface area contributed by atoms with Crippen LogP contribution < -0.4 is 21.3 Å². The molecule has 2 fully saturated rings. The molecule has 1 heterocycles. The molecule has 5 amide bonds. The average molecular weight is 636 g/mol. The number of amides is 5. The predicted molar refractivity (Wildman–Crippen MR) is 171 cm³/mol. The molecule has 45 heavy (non-hydrogen) atoms. The number of hydrogen-bond donors (Lipinski definition) is 4. The fraction of sp³-hybridized carbons (Fsp3) is 0.818. The van der Waals surface area contributed by atoms with Crippen molar-refractivity contribution in [3.63, 3.8) is 0 Å². The van der Waals surface area contributed by atoms with E-state index in [9.17, 15) is 28.8 Å². The molecule has 0 spiro atoms. The van der Waals surface area contributed by atoms with Crippen molar-refractivity contribution < 1.29 is 33.5 Å². The van der Waals surface area contributed by atoms with Gasteiger partial charge in [0.15, 0.2) is 0 Å². The number of esters is 1. The maximum absolute atomic E-state index is 14.1. The van der Waals surface area contributed by atoms with Crippen LogP contribution in [0.3, 0.4) is 0 Å². The Balaban J connectivity index is 2.23. The number of carbonyl (C=O) groups is 6. The number of carbonyl (C=O) groups excluding carboxylic acids is 6. The molecule has 2 rings (SSSR count). The molecule has 1 aliphatic heterocycles. The van der Waals surface area contributed by atoms with E-state index in [4.69, 9.17) is 4.74 Å². The van der Waals surface area contributed by atoms with Gasteiger partial charge in [-0.15, -0.1) is 0 Å². The number of urea groups is 1. The lowest BCUT2D eigenvalue weighted by atomic mass is 9.85. The molecule has 4 N–H and O–H groups in total. The van der Waals surface area contributed by atoms with Crippen molar-refractivity contribution >= 4 is 35.5 Å². The second kappa shape index (κ2) is 13.7. The Hall–Kier alpha value is -3.18. The van der Waals surface area contributed by atoms with E-state index in [1.165, 1.54) is 4.90 Å². The molecule has 0 bridgehead atoms. The summed E-state index contributed by atoms with van der Waals surface area (Å²) in [6.45, 7) is 24.2. The number of fused-ring (bicyclic) bond motifs is 1. The lowest BCUT2D eigenvalue weighted by Gasteiger charge is -2.38. The first-order valence-electron chi connectivity index (χ1n) is 16.1. The van der Waals surface area contributed by atoms with Gasteiger partial charge in [0.05, 0.1) is 12.5 Å². The Bertz CT molecular complexity index is 1160. The van der Waals surface area contributed by atoms with Gasteiger partial charge >= 0.3 is 12.0 Å². The number of nitrogens with zero attached hydrogens (tertiary/aromatic N) is 1. The fourth-order valence-corrected chi connectivity index (χ4v) is 6.09. The standard InChI is InChI=1S/C33H57N5O7/c1-14-15-20(24(40)27(42)34-18(2)16-21(39)45-32(9,10)11)35-26(41)23-22-19(33(22,12)13)17-38(23)28(43)25(30(3,4)5)36-29(44)37-31(6,7)8/h18-20,22-23,25H,14-17H2,1-13H3,(H,34,42)(H,35,41)(H2,36,37,44)/t18-,19-,20?,22-,23-,25+/m0/s1. The number of nitrogens with one attached hydrogen (secondary N) is 4. The maximum atomic E-state index is 14.1. The summed E-state index contributed by atoms with van der Waals surface area (Å²) in [5.41, 5.74) is -2.05. The first-order valence-corrected chi connectivity index (χ1v) is 16.1. The Morgan fingerprint density at radius 2 is 1.49 bits per heavy atom. The minimum atomic E-state index is -1.11. The van der Waals surface area contributed by atoms with Gasteiger partial charge < -0.3 is 30.9 Å². The van der Waals surface area contributed by atoms with Gasteiger partial charge in [-0.3, -0.25) is 24.0 Å². The zero-order valence-corrected chi connectivity index (χ0v) is 29.6. The molecular weight excluding hydrogens is 578 g/mol. The normalized spacial score (nSPS) is 22.7. The third-order valence-corrected chi connectivity index (χ3v) is 8.34. The second-order valence-corrected chi connectivity index (χ2v) is 16.4. The quantitative estimate of drug-likeness (QED) is 0.200. The van der Waals surface area contributed by atoms with E-state index >= 15 is 0 Å². The second-order valence-electron chi connectivity index (χ2n) is 16.4. The van der Waals surface area contributed by atoms with E-state index in [1.54, 1.807) is 27.7 Å². The Morgan fingerprint density at radius 3 is 1.98 bits per heavy atom. The first-order chi connectivity index (χ1) is 20.3. The minimum absolute atomic E-state index is 0.0820. The lowest BCUT2D eigenvalue weighted by molar-refractivity contribution is -0.155. The summed E-state index contributed by atoms with van der Waals surface area (Å²) in [6.07, 6.45) is 0.617. The topological polar surface area (TPSA) is 163 Å². The van der Waals surface area contributed by atoms with E-state index in [0.717, 1.165) is 0 Å². The van der Waals surface area contributed by atoms with Gasteiger partial charge in [-0.2, -0.15) is 0 Å². The SMILES string of the molecule is CCCC(NC(=O)[C@@H]1[C@@H]2[C@H](CN1C(=O)[C@@H](NC(=O)NC(C)(C)C)C(C)(C)C)C2(C)C)C(=O)C(=O)N[C@@H](C)CC(=O)OC(C)(C)C. The Kier molecular flexibility index (Phi) is 11.5. The maximum Gasteiger partial charge on any atom is 0.315 e. The number of Topliss-reactive ketones (excluding diaryl/α,β-unsaturated/α-hetero) is 1. The summed E-state index contributed by atoms with van der Waals surface area (Å²) >= 11 is 0. The highest BCUT2D eigenvalue weighted by Crippen LogP contribution is 2.65. The number of hydrogen-bond acceptors (Lipinski definition) is 7. The van der Waals surface area contributed by atoms with Crippen LogP contribution in [0.2, 0.25) is 0 Å². The van der Waals surface area contributed by atoms with Gasteiger partial charge in [0.25, 0.3) is 5.91 Å². The molecule has 12 nitrogen and oxygen atoms in total. The van der Waals surface area contributed by atoms with E-state index in [1.807, 2.05) is 48.5 Å².